The van der Waals surface area contributed by atoms with E-state index in [9.17, 15) is 9.59 Å². The van der Waals surface area contributed by atoms with Crippen LogP contribution in [-0.2, 0) is 14.3 Å². The minimum absolute atomic E-state index is 0.282. The summed E-state index contributed by atoms with van der Waals surface area (Å²) in [7, 11) is 0. The molecule has 0 atom stereocenters. The molecule has 0 bridgehead atoms. The molecule has 4 heteroatoms. The van der Waals surface area contributed by atoms with Crippen LogP contribution in [0.25, 0.3) is 0 Å². The van der Waals surface area contributed by atoms with Crippen molar-refractivity contribution in [3.8, 4) is 0 Å². The Morgan fingerprint density at radius 3 is 2.44 bits per heavy atom. The predicted molar refractivity (Wildman–Crippen MR) is 62.6 cm³/mol. The molecular weight excluding hydrogens is 206 g/mol. The van der Waals surface area contributed by atoms with E-state index in [4.69, 9.17) is 10.5 Å². The maximum absolute atomic E-state index is 11.3. The van der Waals surface area contributed by atoms with E-state index >= 15 is 0 Å². The average molecular weight is 227 g/mol. The Morgan fingerprint density at radius 2 is 2.00 bits per heavy atom. The molecule has 1 amide bonds. The first-order valence-electron chi connectivity index (χ1n) is 5.64. The van der Waals surface area contributed by atoms with Crippen molar-refractivity contribution < 1.29 is 14.3 Å². The highest BCUT2D eigenvalue weighted by Crippen LogP contribution is 2.07. The van der Waals surface area contributed by atoms with E-state index in [-0.39, 0.29) is 5.92 Å². The Labute approximate surface area is 96.8 Å². The van der Waals surface area contributed by atoms with Crippen LogP contribution in [0, 0.1) is 5.92 Å². The number of unbranched alkanes of at least 4 members (excludes halogenated alkanes) is 1. The van der Waals surface area contributed by atoms with Crippen LogP contribution in [0.3, 0.4) is 0 Å². The normalized spacial score (nSPS) is 11.6. The molecule has 0 aliphatic heterocycles. The first kappa shape index (κ1) is 14.7. The largest absolute Gasteiger partial charge is 0.462 e. The molecule has 0 aliphatic carbocycles. The smallest absolute Gasteiger partial charge is 0.331 e. The Hall–Kier alpha value is -1.32. The van der Waals surface area contributed by atoms with Crippen molar-refractivity contribution in [3.05, 3.63) is 11.6 Å². The summed E-state index contributed by atoms with van der Waals surface area (Å²) >= 11 is 0. The van der Waals surface area contributed by atoms with Gasteiger partial charge in [-0.15, -0.1) is 0 Å². The van der Waals surface area contributed by atoms with E-state index in [1.165, 1.54) is 6.08 Å². The molecule has 0 heterocycles. The van der Waals surface area contributed by atoms with E-state index in [1.54, 1.807) is 0 Å². The number of carbonyl (C=O) groups excluding carboxylic acids is 2. The van der Waals surface area contributed by atoms with Crippen LogP contribution in [0.1, 0.15) is 40.0 Å². The lowest BCUT2D eigenvalue weighted by Gasteiger charge is -2.06. The standard InChI is InChI=1S/C12H21NO3/c1-4-5-6-10(12(13)15)7-11(14)16-8-9(2)3/h7,9H,4-6,8H2,1-3H3,(H2,13,15)/b10-7-. The second-order valence-corrected chi connectivity index (χ2v) is 4.16. The van der Waals surface area contributed by atoms with Crippen molar-refractivity contribution in [3.63, 3.8) is 0 Å². The van der Waals surface area contributed by atoms with Crippen LogP contribution >= 0.6 is 0 Å². The van der Waals surface area contributed by atoms with Crippen LogP contribution in [0.2, 0.25) is 0 Å². The van der Waals surface area contributed by atoms with E-state index < -0.39 is 11.9 Å². The Morgan fingerprint density at radius 1 is 1.38 bits per heavy atom. The molecule has 0 unspecified atom stereocenters. The molecule has 0 radical (unpaired) electrons. The SMILES string of the molecule is CCCC/C(=C/C(=O)OCC(C)C)C(N)=O. The van der Waals surface area contributed by atoms with Gasteiger partial charge in [-0.3, -0.25) is 4.79 Å². The van der Waals surface area contributed by atoms with Crippen molar-refractivity contribution in [2.45, 2.75) is 40.0 Å². The van der Waals surface area contributed by atoms with Crippen molar-refractivity contribution >= 4 is 11.9 Å². The summed E-state index contributed by atoms with van der Waals surface area (Å²) < 4.78 is 4.94. The highest BCUT2D eigenvalue weighted by atomic mass is 16.5. The Bertz CT molecular complexity index is 269. The highest BCUT2D eigenvalue weighted by Gasteiger charge is 2.08. The fourth-order valence-corrected chi connectivity index (χ4v) is 1.07. The van der Waals surface area contributed by atoms with E-state index in [1.807, 2.05) is 20.8 Å². The number of esters is 1. The van der Waals surface area contributed by atoms with Crippen molar-refractivity contribution in [1.29, 1.82) is 0 Å². The molecule has 0 spiro atoms. The zero-order valence-corrected chi connectivity index (χ0v) is 10.3. The summed E-state index contributed by atoms with van der Waals surface area (Å²) in [4.78, 5) is 22.3. The zero-order chi connectivity index (χ0) is 12.6. The van der Waals surface area contributed by atoms with Gasteiger partial charge in [0.25, 0.3) is 0 Å². The number of carbonyl (C=O) groups is 2. The number of hydrogen-bond acceptors (Lipinski definition) is 3. The third-order valence-electron chi connectivity index (χ3n) is 1.97. The average Bonchev–Trinajstić information content (AvgIpc) is 2.20. The van der Waals surface area contributed by atoms with E-state index in [0.29, 0.717) is 18.6 Å². The number of amides is 1. The lowest BCUT2D eigenvalue weighted by Crippen LogP contribution is -2.16. The van der Waals surface area contributed by atoms with Gasteiger partial charge in [-0.2, -0.15) is 0 Å². The Balaban J connectivity index is 4.29. The minimum atomic E-state index is -0.546. The second kappa shape index (κ2) is 7.91. The minimum Gasteiger partial charge on any atom is -0.462 e. The number of primary amides is 1. The van der Waals surface area contributed by atoms with Gasteiger partial charge in [-0.1, -0.05) is 27.2 Å². The Kier molecular flexibility index (Phi) is 7.25. The summed E-state index contributed by atoms with van der Waals surface area (Å²) in [6.07, 6.45) is 3.53. The third kappa shape index (κ3) is 7.04. The highest BCUT2D eigenvalue weighted by molar-refractivity contribution is 5.98. The topological polar surface area (TPSA) is 69.4 Å². The van der Waals surface area contributed by atoms with Crippen molar-refractivity contribution in [2.75, 3.05) is 6.61 Å². The predicted octanol–water partition coefficient (Wildman–Crippen LogP) is 1.79. The second-order valence-electron chi connectivity index (χ2n) is 4.16. The molecule has 2 N–H and O–H groups in total. The molecule has 0 aliphatic rings. The summed E-state index contributed by atoms with van der Waals surface area (Å²) in [6, 6.07) is 0. The van der Waals surface area contributed by atoms with E-state index in [0.717, 1.165) is 12.8 Å². The maximum Gasteiger partial charge on any atom is 0.331 e. The lowest BCUT2D eigenvalue weighted by atomic mass is 10.1. The molecule has 0 aromatic rings. The number of nitrogens with two attached hydrogens (primary N) is 1. The van der Waals surface area contributed by atoms with Gasteiger partial charge in [0.15, 0.2) is 0 Å². The maximum atomic E-state index is 11.3. The van der Waals surface area contributed by atoms with Gasteiger partial charge in [0.1, 0.15) is 0 Å². The van der Waals surface area contributed by atoms with E-state index in [2.05, 4.69) is 0 Å². The van der Waals surface area contributed by atoms with Crippen LogP contribution in [0.15, 0.2) is 11.6 Å². The van der Waals surface area contributed by atoms with Gasteiger partial charge in [-0.05, 0) is 18.8 Å². The number of hydrogen-bond donors (Lipinski definition) is 1. The van der Waals surface area contributed by atoms with Gasteiger partial charge in [0, 0.05) is 11.6 Å². The fraction of sp³-hybridized carbons (Fsp3) is 0.667. The molecule has 16 heavy (non-hydrogen) atoms. The fourth-order valence-electron chi connectivity index (χ4n) is 1.07. The molecule has 92 valence electrons. The summed E-state index contributed by atoms with van der Waals surface area (Å²) in [6.45, 7) is 6.26. The van der Waals surface area contributed by atoms with Crippen LogP contribution in [0.4, 0.5) is 0 Å². The molecule has 0 fully saturated rings. The van der Waals surface area contributed by atoms with Crippen LogP contribution in [-0.4, -0.2) is 18.5 Å². The van der Waals surface area contributed by atoms with Gasteiger partial charge < -0.3 is 10.5 Å². The van der Waals surface area contributed by atoms with Gasteiger partial charge >= 0.3 is 5.97 Å². The monoisotopic (exact) mass is 227 g/mol. The number of rotatable bonds is 7. The third-order valence-corrected chi connectivity index (χ3v) is 1.97. The van der Waals surface area contributed by atoms with Crippen molar-refractivity contribution in [1.82, 2.24) is 0 Å². The first-order valence-corrected chi connectivity index (χ1v) is 5.64. The van der Waals surface area contributed by atoms with Crippen LogP contribution < -0.4 is 5.73 Å². The molecule has 0 saturated carbocycles. The zero-order valence-electron chi connectivity index (χ0n) is 10.3. The first-order chi connectivity index (χ1) is 7.47. The molecule has 0 aromatic heterocycles. The molecule has 4 nitrogen and oxygen atoms in total. The molecule has 0 aromatic carbocycles. The van der Waals surface area contributed by atoms with Gasteiger partial charge in [0.2, 0.25) is 5.91 Å². The molecular formula is C12H21NO3. The summed E-state index contributed by atoms with van der Waals surface area (Å²) in [5.41, 5.74) is 5.51. The quantitative estimate of drug-likeness (QED) is 0.532. The molecule has 0 rings (SSSR count). The van der Waals surface area contributed by atoms with Crippen LogP contribution in [0.5, 0.6) is 0 Å². The molecule has 0 saturated heterocycles. The summed E-state index contributed by atoms with van der Waals surface area (Å²) in [5.74, 6) is -0.751. The summed E-state index contributed by atoms with van der Waals surface area (Å²) in [5, 5.41) is 0. The number of ether oxygens (including phenoxy) is 1. The van der Waals surface area contributed by atoms with Gasteiger partial charge in [0.05, 0.1) is 6.61 Å². The van der Waals surface area contributed by atoms with Crippen molar-refractivity contribution in [2.24, 2.45) is 11.7 Å². The van der Waals surface area contributed by atoms with Gasteiger partial charge in [-0.25, -0.2) is 4.79 Å². The lowest BCUT2D eigenvalue weighted by molar-refractivity contribution is -0.139.